The number of methoxy groups -OCH3 is 1. The Balaban J connectivity index is 2.07. The van der Waals surface area contributed by atoms with Crippen molar-refractivity contribution in [3.63, 3.8) is 0 Å². The molecule has 0 aliphatic carbocycles. The maximum atomic E-state index is 6.18. The highest BCUT2D eigenvalue weighted by atomic mass is 35.5. The maximum Gasteiger partial charge on any atom is 0.123 e. The fraction of sp³-hybridized carbons (Fsp3) is 0.600. The first kappa shape index (κ1) is 14.6. The SMILES string of the molecule is CCc1c(CCN2CCNCC2)cc(Cl)cc1OC. The lowest BCUT2D eigenvalue weighted by Gasteiger charge is -2.27. The summed E-state index contributed by atoms with van der Waals surface area (Å²) >= 11 is 6.18. The molecule has 4 heteroatoms. The van der Waals surface area contributed by atoms with E-state index in [0.717, 1.165) is 56.3 Å². The second kappa shape index (κ2) is 7.13. The van der Waals surface area contributed by atoms with Crippen molar-refractivity contribution in [3.8, 4) is 5.75 Å². The van der Waals surface area contributed by atoms with Gasteiger partial charge in [0.1, 0.15) is 5.75 Å². The fourth-order valence-corrected chi connectivity index (χ4v) is 2.92. The van der Waals surface area contributed by atoms with E-state index < -0.39 is 0 Å². The Morgan fingerprint density at radius 2 is 2.05 bits per heavy atom. The molecule has 0 atom stereocenters. The van der Waals surface area contributed by atoms with Gasteiger partial charge in [-0.05, 0) is 36.1 Å². The van der Waals surface area contributed by atoms with Crippen LogP contribution >= 0.6 is 11.6 Å². The molecule has 2 rings (SSSR count). The second-order valence-corrected chi connectivity index (χ2v) is 5.38. The summed E-state index contributed by atoms with van der Waals surface area (Å²) in [5.41, 5.74) is 2.62. The Labute approximate surface area is 120 Å². The third kappa shape index (κ3) is 3.85. The molecule has 0 aromatic heterocycles. The Morgan fingerprint density at radius 1 is 1.32 bits per heavy atom. The molecule has 1 saturated heterocycles. The van der Waals surface area contributed by atoms with Crippen molar-refractivity contribution < 1.29 is 4.74 Å². The van der Waals surface area contributed by atoms with Crippen LogP contribution in [0.4, 0.5) is 0 Å². The van der Waals surface area contributed by atoms with E-state index in [9.17, 15) is 0 Å². The third-order valence-electron chi connectivity index (χ3n) is 3.75. The van der Waals surface area contributed by atoms with Crippen molar-refractivity contribution in [1.29, 1.82) is 0 Å². The summed E-state index contributed by atoms with van der Waals surface area (Å²) < 4.78 is 5.44. The first-order chi connectivity index (χ1) is 9.24. The maximum absolute atomic E-state index is 6.18. The second-order valence-electron chi connectivity index (χ2n) is 4.94. The normalized spacial score (nSPS) is 16.6. The summed E-state index contributed by atoms with van der Waals surface area (Å²) in [5.74, 6) is 0.922. The lowest BCUT2D eigenvalue weighted by atomic mass is 10.0. The molecule has 0 saturated carbocycles. The molecule has 0 radical (unpaired) electrons. The number of piperazine rings is 1. The molecule has 19 heavy (non-hydrogen) atoms. The van der Waals surface area contributed by atoms with Gasteiger partial charge in [0.05, 0.1) is 7.11 Å². The van der Waals surface area contributed by atoms with Crippen LogP contribution in [0.25, 0.3) is 0 Å². The van der Waals surface area contributed by atoms with Gasteiger partial charge in [0.2, 0.25) is 0 Å². The molecular weight excluding hydrogens is 260 g/mol. The van der Waals surface area contributed by atoms with Gasteiger partial charge in [0.15, 0.2) is 0 Å². The zero-order valence-electron chi connectivity index (χ0n) is 11.8. The number of nitrogens with one attached hydrogen (secondary N) is 1. The van der Waals surface area contributed by atoms with Gasteiger partial charge in [0, 0.05) is 37.7 Å². The van der Waals surface area contributed by atoms with E-state index in [4.69, 9.17) is 16.3 Å². The molecular formula is C15H23ClN2O. The van der Waals surface area contributed by atoms with Crippen molar-refractivity contribution in [2.45, 2.75) is 19.8 Å². The Kier molecular flexibility index (Phi) is 5.49. The molecule has 0 spiro atoms. The molecule has 1 aromatic carbocycles. The van der Waals surface area contributed by atoms with Crippen LogP contribution in [0.5, 0.6) is 5.75 Å². The van der Waals surface area contributed by atoms with Crippen LogP contribution in [0.1, 0.15) is 18.1 Å². The van der Waals surface area contributed by atoms with Crippen molar-refractivity contribution >= 4 is 11.6 Å². The van der Waals surface area contributed by atoms with E-state index in [1.54, 1.807) is 7.11 Å². The molecule has 0 amide bonds. The first-order valence-electron chi connectivity index (χ1n) is 7.03. The summed E-state index contributed by atoms with van der Waals surface area (Å²) in [6, 6.07) is 4.00. The number of hydrogen-bond acceptors (Lipinski definition) is 3. The van der Waals surface area contributed by atoms with Crippen LogP contribution in [-0.2, 0) is 12.8 Å². The van der Waals surface area contributed by atoms with Gasteiger partial charge in [-0.25, -0.2) is 0 Å². The van der Waals surface area contributed by atoms with Crippen LogP contribution in [0.15, 0.2) is 12.1 Å². The van der Waals surface area contributed by atoms with E-state index in [-0.39, 0.29) is 0 Å². The predicted molar refractivity (Wildman–Crippen MR) is 80.4 cm³/mol. The summed E-state index contributed by atoms with van der Waals surface area (Å²) in [4.78, 5) is 2.50. The largest absolute Gasteiger partial charge is 0.496 e. The van der Waals surface area contributed by atoms with Crippen molar-refractivity contribution in [1.82, 2.24) is 10.2 Å². The molecule has 1 aliphatic heterocycles. The van der Waals surface area contributed by atoms with Crippen molar-refractivity contribution in [2.24, 2.45) is 0 Å². The van der Waals surface area contributed by atoms with E-state index in [1.807, 2.05) is 6.07 Å². The van der Waals surface area contributed by atoms with Gasteiger partial charge in [-0.1, -0.05) is 18.5 Å². The number of nitrogens with zero attached hydrogens (tertiary/aromatic N) is 1. The standard InChI is InChI=1S/C15H23ClN2O/c1-3-14-12(10-13(16)11-15(14)19-2)4-7-18-8-5-17-6-9-18/h10-11,17H,3-9H2,1-2H3. The summed E-state index contributed by atoms with van der Waals surface area (Å²) in [5, 5.41) is 4.15. The molecule has 1 aromatic rings. The Bertz CT molecular complexity index is 417. The molecule has 1 fully saturated rings. The van der Waals surface area contributed by atoms with Crippen LogP contribution in [0.2, 0.25) is 5.02 Å². The molecule has 106 valence electrons. The summed E-state index contributed by atoms with van der Waals surface area (Å²) in [7, 11) is 1.71. The average Bonchev–Trinajstić information content (AvgIpc) is 2.45. The Morgan fingerprint density at radius 3 is 2.68 bits per heavy atom. The zero-order valence-corrected chi connectivity index (χ0v) is 12.6. The van der Waals surface area contributed by atoms with E-state index >= 15 is 0 Å². The zero-order chi connectivity index (χ0) is 13.7. The van der Waals surface area contributed by atoms with Gasteiger partial charge in [0.25, 0.3) is 0 Å². The lowest BCUT2D eigenvalue weighted by Crippen LogP contribution is -2.44. The predicted octanol–water partition coefficient (Wildman–Crippen LogP) is 2.36. The van der Waals surface area contributed by atoms with Gasteiger partial charge in [-0.2, -0.15) is 0 Å². The third-order valence-corrected chi connectivity index (χ3v) is 3.96. The molecule has 1 aliphatic rings. The van der Waals surface area contributed by atoms with E-state index in [2.05, 4.69) is 23.2 Å². The highest BCUT2D eigenvalue weighted by molar-refractivity contribution is 6.30. The summed E-state index contributed by atoms with van der Waals surface area (Å²) in [6.45, 7) is 7.73. The quantitative estimate of drug-likeness (QED) is 0.897. The Hall–Kier alpha value is -0.770. The number of ether oxygens (including phenoxy) is 1. The van der Waals surface area contributed by atoms with Crippen LogP contribution in [-0.4, -0.2) is 44.7 Å². The van der Waals surface area contributed by atoms with Crippen LogP contribution in [0, 0.1) is 0 Å². The monoisotopic (exact) mass is 282 g/mol. The minimum atomic E-state index is 0.768. The van der Waals surface area contributed by atoms with Gasteiger partial charge in [-0.15, -0.1) is 0 Å². The molecule has 1 N–H and O–H groups in total. The van der Waals surface area contributed by atoms with Crippen molar-refractivity contribution in [2.75, 3.05) is 39.8 Å². The molecule has 0 unspecified atom stereocenters. The molecule has 0 bridgehead atoms. The lowest BCUT2D eigenvalue weighted by molar-refractivity contribution is 0.243. The minimum absolute atomic E-state index is 0.768. The first-order valence-corrected chi connectivity index (χ1v) is 7.40. The molecule has 1 heterocycles. The highest BCUT2D eigenvalue weighted by Gasteiger charge is 2.13. The molecule has 3 nitrogen and oxygen atoms in total. The topological polar surface area (TPSA) is 24.5 Å². The van der Waals surface area contributed by atoms with Crippen molar-refractivity contribution in [3.05, 3.63) is 28.3 Å². The van der Waals surface area contributed by atoms with Crippen LogP contribution < -0.4 is 10.1 Å². The van der Waals surface area contributed by atoms with E-state index in [0.29, 0.717) is 0 Å². The van der Waals surface area contributed by atoms with Gasteiger partial charge < -0.3 is 15.0 Å². The van der Waals surface area contributed by atoms with Crippen LogP contribution in [0.3, 0.4) is 0 Å². The number of benzene rings is 1. The van der Waals surface area contributed by atoms with Gasteiger partial charge in [-0.3, -0.25) is 0 Å². The smallest absolute Gasteiger partial charge is 0.123 e. The average molecular weight is 283 g/mol. The number of hydrogen-bond donors (Lipinski definition) is 1. The number of rotatable bonds is 5. The summed E-state index contributed by atoms with van der Waals surface area (Å²) in [6.07, 6.45) is 2.03. The fourth-order valence-electron chi connectivity index (χ4n) is 2.69. The number of halogens is 1. The highest BCUT2D eigenvalue weighted by Crippen LogP contribution is 2.28. The minimum Gasteiger partial charge on any atom is -0.496 e. The van der Waals surface area contributed by atoms with E-state index in [1.165, 1.54) is 11.1 Å². The van der Waals surface area contributed by atoms with Gasteiger partial charge >= 0.3 is 0 Å².